The lowest BCUT2D eigenvalue weighted by Gasteiger charge is -2.11. The van der Waals surface area contributed by atoms with E-state index in [-0.39, 0.29) is 5.91 Å². The van der Waals surface area contributed by atoms with Gasteiger partial charge in [-0.1, -0.05) is 24.3 Å². The molecular formula is C13H18N4OS2. The van der Waals surface area contributed by atoms with Crippen molar-refractivity contribution < 1.29 is 4.79 Å². The van der Waals surface area contributed by atoms with Crippen molar-refractivity contribution >= 4 is 33.7 Å². The van der Waals surface area contributed by atoms with Crippen molar-refractivity contribution in [2.75, 3.05) is 11.9 Å². The number of nitrogens with one attached hydrogen (secondary N) is 2. The van der Waals surface area contributed by atoms with Gasteiger partial charge in [0, 0.05) is 11.4 Å². The number of aryl methyl sites for hydroxylation is 1. The predicted octanol–water partition coefficient (Wildman–Crippen LogP) is 2.59. The maximum absolute atomic E-state index is 12.3. The summed E-state index contributed by atoms with van der Waals surface area (Å²) in [6.45, 7) is 4.77. The fraction of sp³-hybridized carbons (Fsp3) is 0.385. The third-order valence-electron chi connectivity index (χ3n) is 2.70. The Balaban J connectivity index is 2.12. The smallest absolute Gasteiger partial charge is 0.264 e. The lowest BCUT2D eigenvalue weighted by molar-refractivity contribution is 0.0941. The SMILES string of the molecule is CCNc1nc(CC)c(C(=O)NC(N)c2cccs2)s1. The number of nitrogens with two attached hydrogens (primary N) is 1. The fourth-order valence-electron chi connectivity index (χ4n) is 1.74. The van der Waals surface area contributed by atoms with Crippen molar-refractivity contribution in [1.82, 2.24) is 10.3 Å². The van der Waals surface area contributed by atoms with Crippen LogP contribution in [0.3, 0.4) is 0 Å². The van der Waals surface area contributed by atoms with Crippen molar-refractivity contribution in [3.05, 3.63) is 33.0 Å². The molecule has 0 aliphatic heterocycles. The van der Waals surface area contributed by atoms with Crippen molar-refractivity contribution in [2.45, 2.75) is 26.4 Å². The van der Waals surface area contributed by atoms with Crippen molar-refractivity contribution in [2.24, 2.45) is 5.73 Å². The van der Waals surface area contributed by atoms with E-state index in [9.17, 15) is 4.79 Å². The lowest BCUT2D eigenvalue weighted by Crippen LogP contribution is -2.33. The molecular weight excluding hydrogens is 292 g/mol. The van der Waals surface area contributed by atoms with Crippen LogP contribution in [0.4, 0.5) is 5.13 Å². The van der Waals surface area contributed by atoms with Gasteiger partial charge in [0.15, 0.2) is 5.13 Å². The van der Waals surface area contributed by atoms with E-state index in [1.807, 2.05) is 31.4 Å². The highest BCUT2D eigenvalue weighted by Crippen LogP contribution is 2.24. The zero-order chi connectivity index (χ0) is 14.5. The molecule has 0 saturated carbocycles. The number of hydrogen-bond acceptors (Lipinski definition) is 6. The van der Waals surface area contributed by atoms with Crippen LogP contribution in [0, 0.1) is 0 Å². The molecule has 4 N–H and O–H groups in total. The van der Waals surface area contributed by atoms with Gasteiger partial charge in [-0.05, 0) is 24.8 Å². The standard InChI is InChI=1S/C13H18N4OS2/c1-3-8-10(20-13(16-8)15-4-2)12(18)17-11(14)9-6-5-7-19-9/h5-7,11H,3-4,14H2,1-2H3,(H,15,16)(H,17,18). The summed E-state index contributed by atoms with van der Waals surface area (Å²) < 4.78 is 0. The number of carbonyl (C=O) groups excluding carboxylic acids is 1. The first-order valence-electron chi connectivity index (χ1n) is 6.49. The fourth-order valence-corrected chi connectivity index (χ4v) is 3.44. The molecule has 1 amide bonds. The summed E-state index contributed by atoms with van der Waals surface area (Å²) in [5.74, 6) is -0.163. The molecule has 0 aliphatic carbocycles. The van der Waals surface area contributed by atoms with Crippen LogP contribution in [0.5, 0.6) is 0 Å². The van der Waals surface area contributed by atoms with Gasteiger partial charge in [0.1, 0.15) is 11.0 Å². The molecule has 0 fully saturated rings. The number of thiophene rings is 1. The molecule has 0 aromatic carbocycles. The van der Waals surface area contributed by atoms with Crippen LogP contribution in [0.25, 0.3) is 0 Å². The minimum absolute atomic E-state index is 0.163. The summed E-state index contributed by atoms with van der Waals surface area (Å²) >= 11 is 2.90. The van der Waals surface area contributed by atoms with Crippen molar-refractivity contribution in [3.8, 4) is 0 Å². The van der Waals surface area contributed by atoms with Gasteiger partial charge in [0.25, 0.3) is 5.91 Å². The molecule has 0 bridgehead atoms. The molecule has 0 saturated heterocycles. The monoisotopic (exact) mass is 310 g/mol. The number of amides is 1. The van der Waals surface area contributed by atoms with Crippen LogP contribution < -0.4 is 16.4 Å². The number of thiazole rings is 1. The molecule has 0 aliphatic rings. The first-order chi connectivity index (χ1) is 9.65. The lowest BCUT2D eigenvalue weighted by atomic mass is 10.3. The van der Waals surface area contributed by atoms with Gasteiger partial charge in [-0.15, -0.1) is 11.3 Å². The van der Waals surface area contributed by atoms with E-state index in [1.54, 1.807) is 0 Å². The predicted molar refractivity (Wildman–Crippen MR) is 84.4 cm³/mol. The molecule has 1 atom stereocenters. The van der Waals surface area contributed by atoms with E-state index in [2.05, 4.69) is 15.6 Å². The van der Waals surface area contributed by atoms with Gasteiger partial charge in [0.2, 0.25) is 0 Å². The summed E-state index contributed by atoms with van der Waals surface area (Å²) in [6, 6.07) is 3.83. The molecule has 2 heterocycles. The number of carbonyl (C=O) groups is 1. The molecule has 1 unspecified atom stereocenters. The number of aromatic nitrogens is 1. The van der Waals surface area contributed by atoms with Gasteiger partial charge in [-0.3, -0.25) is 4.79 Å². The van der Waals surface area contributed by atoms with Gasteiger partial charge in [0.05, 0.1) is 5.69 Å². The third kappa shape index (κ3) is 3.36. The number of hydrogen-bond donors (Lipinski definition) is 3. The minimum Gasteiger partial charge on any atom is -0.362 e. The third-order valence-corrected chi connectivity index (χ3v) is 4.71. The quantitative estimate of drug-likeness (QED) is 0.716. The highest BCUT2D eigenvalue weighted by molar-refractivity contribution is 7.17. The normalized spacial score (nSPS) is 12.2. The second kappa shape index (κ2) is 6.83. The van der Waals surface area contributed by atoms with E-state index < -0.39 is 6.17 Å². The average Bonchev–Trinajstić information content (AvgIpc) is 3.08. The van der Waals surface area contributed by atoms with Gasteiger partial charge in [-0.2, -0.15) is 0 Å². The summed E-state index contributed by atoms with van der Waals surface area (Å²) in [5, 5.41) is 8.67. The molecule has 7 heteroatoms. The van der Waals surface area contributed by atoms with Crippen LogP contribution in [0.15, 0.2) is 17.5 Å². The molecule has 2 aromatic heterocycles. The Bertz CT molecular complexity index is 565. The molecule has 2 rings (SSSR count). The number of anilines is 1. The van der Waals surface area contributed by atoms with Crippen LogP contribution in [-0.4, -0.2) is 17.4 Å². The van der Waals surface area contributed by atoms with E-state index in [0.29, 0.717) is 4.88 Å². The molecule has 0 spiro atoms. The molecule has 0 radical (unpaired) electrons. The first kappa shape index (κ1) is 15.0. The Labute approximate surface area is 126 Å². The Morgan fingerprint density at radius 3 is 2.90 bits per heavy atom. The zero-order valence-electron chi connectivity index (χ0n) is 11.5. The van der Waals surface area contributed by atoms with E-state index >= 15 is 0 Å². The number of nitrogens with zero attached hydrogens (tertiary/aromatic N) is 1. The zero-order valence-corrected chi connectivity index (χ0v) is 13.1. The summed E-state index contributed by atoms with van der Waals surface area (Å²) in [7, 11) is 0. The average molecular weight is 310 g/mol. The Morgan fingerprint density at radius 2 is 2.30 bits per heavy atom. The van der Waals surface area contributed by atoms with Crippen molar-refractivity contribution in [1.29, 1.82) is 0 Å². The Kier molecular flexibility index (Phi) is 5.11. The maximum atomic E-state index is 12.3. The Morgan fingerprint density at radius 1 is 1.50 bits per heavy atom. The van der Waals surface area contributed by atoms with Gasteiger partial charge >= 0.3 is 0 Å². The summed E-state index contributed by atoms with van der Waals surface area (Å²) in [5.41, 5.74) is 6.79. The summed E-state index contributed by atoms with van der Waals surface area (Å²) in [6.07, 6.45) is 0.246. The molecule has 20 heavy (non-hydrogen) atoms. The van der Waals surface area contributed by atoms with Gasteiger partial charge in [-0.25, -0.2) is 4.98 Å². The second-order valence-electron chi connectivity index (χ2n) is 4.15. The van der Waals surface area contributed by atoms with E-state index in [0.717, 1.165) is 28.7 Å². The second-order valence-corrected chi connectivity index (χ2v) is 6.12. The Hall–Kier alpha value is -1.44. The van der Waals surface area contributed by atoms with Gasteiger partial charge < -0.3 is 16.4 Å². The summed E-state index contributed by atoms with van der Waals surface area (Å²) in [4.78, 5) is 18.3. The van der Waals surface area contributed by atoms with Crippen LogP contribution >= 0.6 is 22.7 Å². The van der Waals surface area contributed by atoms with E-state index in [4.69, 9.17) is 5.73 Å². The van der Waals surface area contributed by atoms with Crippen LogP contribution in [0.1, 0.15) is 40.3 Å². The first-order valence-corrected chi connectivity index (χ1v) is 8.18. The largest absolute Gasteiger partial charge is 0.362 e. The molecule has 108 valence electrons. The maximum Gasteiger partial charge on any atom is 0.264 e. The minimum atomic E-state index is -0.475. The van der Waals surface area contributed by atoms with E-state index in [1.165, 1.54) is 22.7 Å². The molecule has 5 nitrogen and oxygen atoms in total. The topological polar surface area (TPSA) is 80.0 Å². The van der Waals surface area contributed by atoms with Crippen molar-refractivity contribution in [3.63, 3.8) is 0 Å². The highest BCUT2D eigenvalue weighted by atomic mass is 32.1. The van der Waals surface area contributed by atoms with Crippen LogP contribution in [0.2, 0.25) is 0 Å². The number of rotatable bonds is 6. The van der Waals surface area contributed by atoms with Crippen LogP contribution in [-0.2, 0) is 6.42 Å². The highest BCUT2D eigenvalue weighted by Gasteiger charge is 2.19. The molecule has 2 aromatic rings.